The molecule has 6 aliphatic carbocycles. The van der Waals surface area contributed by atoms with E-state index in [0.29, 0.717) is 47.7 Å². The van der Waals surface area contributed by atoms with Gasteiger partial charge in [0.2, 0.25) is 0 Å². The van der Waals surface area contributed by atoms with Crippen LogP contribution in [0.3, 0.4) is 0 Å². The van der Waals surface area contributed by atoms with E-state index in [0.717, 1.165) is 0 Å². The average Bonchev–Trinajstić information content (AvgIpc) is 3.84. The average molecular weight is 755 g/mol. The second kappa shape index (κ2) is 15.3. The Morgan fingerprint density at radius 3 is 1.44 bits per heavy atom. The quantitative estimate of drug-likeness (QED) is 0.251. The summed E-state index contributed by atoms with van der Waals surface area (Å²) in [5.41, 5.74) is -1.91. The second-order valence-corrected chi connectivity index (χ2v) is 20.5. The minimum atomic E-state index is -4.91. The van der Waals surface area contributed by atoms with Gasteiger partial charge >= 0.3 is 12.1 Å². The van der Waals surface area contributed by atoms with E-state index in [9.17, 15) is 18.0 Å². The highest BCUT2D eigenvalue weighted by molar-refractivity contribution is 5.81. The lowest BCUT2D eigenvalue weighted by Crippen LogP contribution is -2.71. The molecule has 9 aliphatic rings. The molecule has 0 radical (unpaired) electrons. The van der Waals surface area contributed by atoms with Gasteiger partial charge in [0.1, 0.15) is 5.60 Å². The van der Waals surface area contributed by atoms with Gasteiger partial charge in [-0.25, -0.2) is 0 Å². The van der Waals surface area contributed by atoms with Gasteiger partial charge in [0.25, 0.3) is 0 Å². The maximum absolute atomic E-state index is 14.3. The first-order chi connectivity index (χ1) is 26.3. The van der Waals surface area contributed by atoms with Crippen LogP contribution in [0.25, 0.3) is 0 Å². The topological polar surface area (TPSA) is 41.6 Å². The second-order valence-electron chi connectivity index (χ2n) is 20.5. The van der Waals surface area contributed by atoms with Crippen molar-refractivity contribution in [2.45, 2.75) is 228 Å². The summed E-state index contributed by atoms with van der Waals surface area (Å²) in [5.74, 6) is 0.661. The van der Waals surface area contributed by atoms with E-state index in [1.807, 2.05) is 0 Å². The summed E-state index contributed by atoms with van der Waals surface area (Å²) >= 11 is 0. The molecule has 0 aromatic carbocycles. The van der Waals surface area contributed by atoms with Crippen LogP contribution in [0.15, 0.2) is 12.2 Å². The van der Waals surface area contributed by atoms with Gasteiger partial charge in [-0.05, 0) is 107 Å². The number of carbonyl (C=O) groups is 1. The van der Waals surface area contributed by atoms with Crippen LogP contribution in [0.5, 0.6) is 0 Å². The number of rotatable bonds is 8. The fourth-order valence-corrected chi connectivity index (χ4v) is 16.9. The maximum atomic E-state index is 14.3. The molecule has 9 rings (SSSR count). The number of carbonyl (C=O) groups excluding carboxylic acids is 1. The molecular formula is C47H73F3N2O2. The van der Waals surface area contributed by atoms with E-state index in [1.54, 1.807) is 0 Å². The van der Waals surface area contributed by atoms with Crippen LogP contribution in [0.1, 0.15) is 193 Å². The summed E-state index contributed by atoms with van der Waals surface area (Å²) in [4.78, 5) is 16.4. The molecule has 3 aliphatic heterocycles. The Bertz CT molecular complexity index is 1330. The molecule has 0 aromatic rings. The first-order valence-corrected chi connectivity index (χ1v) is 23.8. The van der Waals surface area contributed by atoms with Crippen molar-refractivity contribution in [3.63, 3.8) is 0 Å². The molecule has 7 heteroatoms. The number of hydrogen-bond acceptors (Lipinski definition) is 3. The van der Waals surface area contributed by atoms with Crippen LogP contribution in [0, 0.1) is 40.4 Å². The number of fused-ring (bicyclic) bond motifs is 5. The van der Waals surface area contributed by atoms with Crippen molar-refractivity contribution >= 4 is 5.91 Å². The van der Waals surface area contributed by atoms with Crippen molar-refractivity contribution in [1.29, 1.82) is 0 Å². The van der Waals surface area contributed by atoms with E-state index in [4.69, 9.17) is 4.74 Å². The minimum absolute atomic E-state index is 0.0274. The SMILES string of the molecule is O=C(NCC12C=CC(C3CCCCC3)(O1)C1(C3CCCCC3)C(C3CCCCC3)N(C3CCCCC3)C(C3CCCCC3)C21C1CCCCC1)C(F)(F)F. The molecule has 4 nitrogen and oxygen atoms in total. The molecular weight excluding hydrogens is 682 g/mol. The van der Waals surface area contributed by atoms with Crippen molar-refractivity contribution < 1.29 is 22.7 Å². The third kappa shape index (κ3) is 5.72. The van der Waals surface area contributed by atoms with Crippen molar-refractivity contribution in [3.8, 4) is 0 Å². The standard InChI is InChI=1S/C47H73F3N2O2/c48-47(49,50)42(53)51-33-43-31-32-44(54-43,36-23-11-3-12-24-36)46(38-27-15-5-16-28-38)41(35-21-9-2-10-22-35)52(39-29-17-6-18-30-39)40(34-19-7-1-8-20-34)45(43,46)37-25-13-4-14-26-37/h31-32,34-41H,1-30,33H2,(H,51,53). The molecule has 1 amide bonds. The van der Waals surface area contributed by atoms with Crippen molar-refractivity contribution in [1.82, 2.24) is 10.2 Å². The summed E-state index contributed by atoms with van der Waals surface area (Å²) in [6.07, 6.45) is 37.8. The van der Waals surface area contributed by atoms with Crippen LogP contribution in [0.2, 0.25) is 0 Å². The highest BCUT2D eigenvalue weighted by Crippen LogP contribution is 2.85. The molecule has 6 saturated carbocycles. The Morgan fingerprint density at radius 2 is 0.963 bits per heavy atom. The molecule has 304 valence electrons. The Morgan fingerprint density at radius 1 is 0.556 bits per heavy atom. The Balaban J connectivity index is 1.37. The van der Waals surface area contributed by atoms with Gasteiger partial charge in [-0.15, -0.1) is 0 Å². The van der Waals surface area contributed by atoms with E-state index >= 15 is 0 Å². The zero-order valence-corrected chi connectivity index (χ0v) is 33.6. The minimum Gasteiger partial charge on any atom is -0.357 e. The number of amides is 1. The number of hydrogen-bond donors (Lipinski definition) is 1. The highest BCUT2D eigenvalue weighted by atomic mass is 19.4. The summed E-state index contributed by atoms with van der Waals surface area (Å²) in [6.45, 7) is -0.0274. The molecule has 6 unspecified atom stereocenters. The van der Waals surface area contributed by atoms with E-state index in [2.05, 4.69) is 22.4 Å². The summed E-state index contributed by atoms with van der Waals surface area (Å²) < 4.78 is 51.2. The van der Waals surface area contributed by atoms with E-state index in [1.165, 1.54) is 193 Å². The third-order valence-corrected chi connectivity index (χ3v) is 18.2. The predicted molar refractivity (Wildman–Crippen MR) is 209 cm³/mol. The first-order valence-electron chi connectivity index (χ1n) is 23.8. The summed E-state index contributed by atoms with van der Waals surface area (Å²) in [6, 6.07) is 1.26. The molecule has 6 atom stereocenters. The zero-order chi connectivity index (χ0) is 37.0. The molecule has 2 bridgehead atoms. The van der Waals surface area contributed by atoms with Crippen LogP contribution >= 0.6 is 0 Å². The van der Waals surface area contributed by atoms with Crippen molar-refractivity contribution in [2.75, 3.05) is 6.54 Å². The number of nitrogens with zero attached hydrogens (tertiary/aromatic N) is 1. The van der Waals surface area contributed by atoms with Gasteiger partial charge in [-0.2, -0.15) is 13.2 Å². The molecule has 0 spiro atoms. The number of halogens is 3. The summed E-state index contributed by atoms with van der Waals surface area (Å²) in [5, 5.41) is 2.65. The van der Waals surface area contributed by atoms with E-state index in [-0.39, 0.29) is 17.4 Å². The van der Waals surface area contributed by atoms with E-state index < -0.39 is 23.3 Å². The first kappa shape index (κ1) is 38.4. The number of alkyl halides is 3. The zero-order valence-electron chi connectivity index (χ0n) is 33.6. The van der Waals surface area contributed by atoms with Gasteiger partial charge < -0.3 is 10.1 Å². The Labute approximate surface area is 325 Å². The lowest BCUT2D eigenvalue weighted by atomic mass is 9.35. The maximum Gasteiger partial charge on any atom is 0.471 e. The number of likely N-dealkylation sites (tertiary alicyclic amines) is 1. The van der Waals surface area contributed by atoms with Crippen LogP contribution in [-0.4, -0.2) is 52.9 Å². The van der Waals surface area contributed by atoms with Gasteiger partial charge in [0.15, 0.2) is 0 Å². The highest BCUT2D eigenvalue weighted by Gasteiger charge is 2.91. The lowest BCUT2D eigenvalue weighted by Gasteiger charge is -2.65. The fourth-order valence-electron chi connectivity index (χ4n) is 16.9. The Hall–Kier alpha value is -1.08. The molecule has 3 heterocycles. The number of nitrogens with one attached hydrogen (secondary N) is 1. The smallest absolute Gasteiger partial charge is 0.357 e. The van der Waals surface area contributed by atoms with Crippen LogP contribution in [-0.2, 0) is 9.53 Å². The van der Waals surface area contributed by atoms with Gasteiger partial charge in [-0.3, -0.25) is 9.69 Å². The lowest BCUT2D eigenvalue weighted by molar-refractivity contribution is -0.178. The van der Waals surface area contributed by atoms with Crippen molar-refractivity contribution in [2.24, 2.45) is 40.4 Å². The predicted octanol–water partition coefficient (Wildman–Crippen LogP) is 12.0. The molecule has 54 heavy (non-hydrogen) atoms. The fraction of sp³-hybridized carbons (Fsp3) is 0.936. The molecule has 1 N–H and O–H groups in total. The van der Waals surface area contributed by atoms with Crippen LogP contribution in [0.4, 0.5) is 13.2 Å². The van der Waals surface area contributed by atoms with Gasteiger partial charge in [0, 0.05) is 29.0 Å². The third-order valence-electron chi connectivity index (χ3n) is 18.2. The number of ether oxygens (including phenoxy) is 1. The Kier molecular flexibility index (Phi) is 10.9. The molecule has 0 aromatic heterocycles. The largest absolute Gasteiger partial charge is 0.471 e. The molecule has 8 fully saturated rings. The van der Waals surface area contributed by atoms with Gasteiger partial charge in [-0.1, -0.05) is 128 Å². The van der Waals surface area contributed by atoms with Crippen molar-refractivity contribution in [3.05, 3.63) is 12.2 Å². The van der Waals surface area contributed by atoms with Gasteiger partial charge in [0.05, 0.1) is 12.1 Å². The summed E-state index contributed by atoms with van der Waals surface area (Å²) in [7, 11) is 0. The van der Waals surface area contributed by atoms with Crippen LogP contribution < -0.4 is 5.32 Å². The molecule has 2 saturated heterocycles. The normalized spacial score (nSPS) is 41.4. The monoisotopic (exact) mass is 755 g/mol.